The van der Waals surface area contributed by atoms with Crippen molar-refractivity contribution in [1.29, 1.82) is 0 Å². The van der Waals surface area contributed by atoms with Crippen LogP contribution in [0.2, 0.25) is 0 Å². The zero-order valence-electron chi connectivity index (χ0n) is 13.7. The number of piperidine rings is 1. The minimum Gasteiger partial charge on any atom is -0.395 e. The maximum atomic E-state index is 12.7. The molecular formula is C17H26N2O3S. The Kier molecular flexibility index (Phi) is 5.06. The molecule has 1 N–H and O–H groups in total. The van der Waals surface area contributed by atoms with Crippen LogP contribution in [0.1, 0.15) is 31.2 Å². The van der Waals surface area contributed by atoms with Gasteiger partial charge in [0.05, 0.1) is 11.5 Å². The Morgan fingerprint density at radius 1 is 1.09 bits per heavy atom. The van der Waals surface area contributed by atoms with Crippen molar-refractivity contribution in [2.75, 3.05) is 26.2 Å². The third kappa shape index (κ3) is 3.45. The van der Waals surface area contributed by atoms with Crippen LogP contribution >= 0.6 is 0 Å². The number of aliphatic hydroxyl groups excluding tert-OH is 1. The summed E-state index contributed by atoms with van der Waals surface area (Å²) < 4.78 is 27.0. The molecule has 0 spiro atoms. The minimum absolute atomic E-state index is 0.210. The monoisotopic (exact) mass is 338 g/mol. The summed E-state index contributed by atoms with van der Waals surface area (Å²) in [5, 5.41) is 9.47. The van der Waals surface area contributed by atoms with Crippen molar-refractivity contribution in [2.24, 2.45) is 0 Å². The number of likely N-dealkylation sites (tertiary alicyclic amines) is 1. The lowest BCUT2D eigenvalue weighted by atomic mass is 10.0. The molecule has 2 saturated heterocycles. The maximum absolute atomic E-state index is 12.7. The van der Waals surface area contributed by atoms with Crippen LogP contribution in [-0.4, -0.2) is 61.1 Å². The smallest absolute Gasteiger partial charge is 0.243 e. The zero-order valence-corrected chi connectivity index (χ0v) is 14.5. The first kappa shape index (κ1) is 16.9. The molecule has 23 heavy (non-hydrogen) atoms. The van der Waals surface area contributed by atoms with Gasteiger partial charge in [-0.25, -0.2) is 8.42 Å². The fourth-order valence-corrected chi connectivity index (χ4v) is 5.28. The Morgan fingerprint density at radius 2 is 1.74 bits per heavy atom. The third-order valence-corrected chi connectivity index (χ3v) is 7.10. The standard InChI is InChI=1S/C17H26N2O3S/c1-14-4-6-17(7-5-14)23(21,22)18-11-8-15(9-12-18)19-10-2-3-16(19)13-20/h4-7,15-16,20H,2-3,8-13H2,1H3/t16-/m0/s1. The van der Waals surface area contributed by atoms with Crippen LogP contribution in [-0.2, 0) is 10.0 Å². The summed E-state index contributed by atoms with van der Waals surface area (Å²) in [6.07, 6.45) is 3.88. The van der Waals surface area contributed by atoms with Crippen LogP contribution in [0.3, 0.4) is 0 Å². The number of hydrogen-bond acceptors (Lipinski definition) is 4. The molecule has 3 rings (SSSR count). The molecular weight excluding hydrogens is 312 g/mol. The number of aryl methyl sites for hydroxylation is 1. The molecule has 128 valence electrons. The third-order valence-electron chi connectivity index (χ3n) is 5.18. The lowest BCUT2D eigenvalue weighted by Gasteiger charge is -2.38. The van der Waals surface area contributed by atoms with Crippen LogP contribution < -0.4 is 0 Å². The first-order chi connectivity index (χ1) is 11.0. The number of nitrogens with zero attached hydrogens (tertiary/aromatic N) is 2. The molecule has 0 aliphatic carbocycles. The van der Waals surface area contributed by atoms with Crippen molar-refractivity contribution in [1.82, 2.24) is 9.21 Å². The predicted octanol–water partition coefficient (Wildman–Crippen LogP) is 1.60. The van der Waals surface area contributed by atoms with Crippen LogP contribution in [0, 0.1) is 6.92 Å². The van der Waals surface area contributed by atoms with E-state index in [-0.39, 0.29) is 12.6 Å². The largest absolute Gasteiger partial charge is 0.395 e. The van der Waals surface area contributed by atoms with Gasteiger partial charge in [0.15, 0.2) is 0 Å². The minimum atomic E-state index is -3.38. The normalized spacial score (nSPS) is 25.0. The van der Waals surface area contributed by atoms with Crippen molar-refractivity contribution in [3.63, 3.8) is 0 Å². The van der Waals surface area contributed by atoms with Crippen LogP contribution in [0.25, 0.3) is 0 Å². The van der Waals surface area contributed by atoms with E-state index in [2.05, 4.69) is 4.90 Å². The second kappa shape index (κ2) is 6.89. The fourth-order valence-electron chi connectivity index (χ4n) is 3.81. The fraction of sp³-hybridized carbons (Fsp3) is 0.647. The van der Waals surface area contributed by atoms with Gasteiger partial charge in [-0.3, -0.25) is 4.90 Å². The Hall–Kier alpha value is -0.950. The molecule has 0 unspecified atom stereocenters. The summed E-state index contributed by atoms with van der Waals surface area (Å²) >= 11 is 0. The zero-order chi connectivity index (χ0) is 16.4. The van der Waals surface area contributed by atoms with Crippen LogP contribution in [0.15, 0.2) is 29.2 Å². The number of benzene rings is 1. The molecule has 0 bridgehead atoms. The van der Waals surface area contributed by atoms with E-state index in [0.29, 0.717) is 24.0 Å². The predicted molar refractivity (Wildman–Crippen MR) is 89.8 cm³/mol. The molecule has 2 heterocycles. The Bertz CT molecular complexity index is 622. The molecule has 0 radical (unpaired) electrons. The average Bonchev–Trinajstić information content (AvgIpc) is 3.04. The van der Waals surface area contributed by atoms with Crippen molar-refractivity contribution >= 4 is 10.0 Å². The summed E-state index contributed by atoms with van der Waals surface area (Å²) in [5.41, 5.74) is 1.06. The van der Waals surface area contributed by atoms with E-state index in [1.807, 2.05) is 19.1 Å². The van der Waals surface area contributed by atoms with Crippen molar-refractivity contribution in [3.05, 3.63) is 29.8 Å². The van der Waals surface area contributed by atoms with E-state index in [9.17, 15) is 13.5 Å². The van der Waals surface area contributed by atoms with E-state index in [4.69, 9.17) is 0 Å². The first-order valence-electron chi connectivity index (χ1n) is 8.46. The highest BCUT2D eigenvalue weighted by molar-refractivity contribution is 7.89. The molecule has 0 aromatic heterocycles. The van der Waals surface area contributed by atoms with Gasteiger partial charge >= 0.3 is 0 Å². The van der Waals surface area contributed by atoms with E-state index in [1.54, 1.807) is 16.4 Å². The van der Waals surface area contributed by atoms with E-state index >= 15 is 0 Å². The molecule has 1 aromatic rings. The highest BCUT2D eigenvalue weighted by Gasteiger charge is 2.35. The van der Waals surface area contributed by atoms with Gasteiger partial charge in [-0.1, -0.05) is 17.7 Å². The van der Waals surface area contributed by atoms with Crippen molar-refractivity contribution < 1.29 is 13.5 Å². The summed E-state index contributed by atoms with van der Waals surface area (Å²) in [5.74, 6) is 0. The van der Waals surface area contributed by atoms with E-state index < -0.39 is 10.0 Å². The quantitative estimate of drug-likeness (QED) is 0.906. The van der Waals surface area contributed by atoms with Crippen LogP contribution in [0.4, 0.5) is 0 Å². The summed E-state index contributed by atoms with van der Waals surface area (Å²) in [6, 6.07) is 7.74. The van der Waals surface area contributed by atoms with Gasteiger partial charge in [0.2, 0.25) is 10.0 Å². The van der Waals surface area contributed by atoms with Crippen molar-refractivity contribution in [3.8, 4) is 0 Å². The summed E-state index contributed by atoms with van der Waals surface area (Å²) in [6.45, 7) is 4.32. The van der Waals surface area contributed by atoms with E-state index in [0.717, 1.165) is 37.8 Å². The highest BCUT2D eigenvalue weighted by Crippen LogP contribution is 2.28. The Morgan fingerprint density at radius 3 is 2.35 bits per heavy atom. The van der Waals surface area contributed by atoms with Gasteiger partial charge in [-0.05, 0) is 51.3 Å². The molecule has 2 fully saturated rings. The molecule has 1 aromatic carbocycles. The Labute approximate surface area is 139 Å². The van der Waals surface area contributed by atoms with Gasteiger partial charge in [0, 0.05) is 25.2 Å². The lowest BCUT2D eigenvalue weighted by molar-refractivity contribution is 0.0899. The SMILES string of the molecule is Cc1ccc(S(=O)(=O)N2CCC(N3CCC[C@H]3CO)CC2)cc1. The Balaban J connectivity index is 1.65. The van der Waals surface area contributed by atoms with Crippen LogP contribution in [0.5, 0.6) is 0 Å². The number of aliphatic hydroxyl groups is 1. The molecule has 2 aliphatic rings. The number of sulfonamides is 1. The molecule has 1 atom stereocenters. The second-order valence-corrected chi connectivity index (χ2v) is 8.60. The molecule has 6 heteroatoms. The van der Waals surface area contributed by atoms with E-state index in [1.165, 1.54) is 0 Å². The maximum Gasteiger partial charge on any atom is 0.243 e. The molecule has 2 aliphatic heterocycles. The molecule has 0 amide bonds. The molecule has 5 nitrogen and oxygen atoms in total. The second-order valence-electron chi connectivity index (χ2n) is 6.66. The van der Waals surface area contributed by atoms with Gasteiger partial charge in [-0.15, -0.1) is 0 Å². The number of rotatable bonds is 4. The van der Waals surface area contributed by atoms with Crippen molar-refractivity contribution in [2.45, 2.75) is 49.6 Å². The van der Waals surface area contributed by atoms with Gasteiger partial charge in [0.1, 0.15) is 0 Å². The first-order valence-corrected chi connectivity index (χ1v) is 9.90. The lowest BCUT2D eigenvalue weighted by Crippen LogP contribution is -2.48. The summed E-state index contributed by atoms with van der Waals surface area (Å²) in [4.78, 5) is 2.77. The molecule has 0 saturated carbocycles. The highest BCUT2D eigenvalue weighted by atomic mass is 32.2. The summed E-state index contributed by atoms with van der Waals surface area (Å²) in [7, 11) is -3.38. The number of hydrogen-bond donors (Lipinski definition) is 1. The van der Waals surface area contributed by atoms with Gasteiger partial charge in [-0.2, -0.15) is 4.31 Å². The van der Waals surface area contributed by atoms with Gasteiger partial charge in [0.25, 0.3) is 0 Å². The average molecular weight is 338 g/mol. The topological polar surface area (TPSA) is 60.9 Å². The van der Waals surface area contributed by atoms with Gasteiger partial charge < -0.3 is 5.11 Å².